The Bertz CT molecular complexity index is 598. The molecule has 0 unspecified atom stereocenters. The Morgan fingerprint density at radius 2 is 1.55 bits per heavy atom. The Morgan fingerprint density at radius 3 is 2.05 bits per heavy atom. The van der Waals surface area contributed by atoms with Gasteiger partial charge in [0.25, 0.3) is 0 Å². The van der Waals surface area contributed by atoms with Crippen LogP contribution < -0.4 is 0 Å². The highest BCUT2D eigenvalue weighted by Crippen LogP contribution is 2.35. The van der Waals surface area contributed by atoms with Crippen LogP contribution in [0.25, 0.3) is 11.1 Å². The summed E-state index contributed by atoms with van der Waals surface area (Å²) < 4.78 is 38.9. The summed E-state index contributed by atoms with van der Waals surface area (Å²) in [6.07, 6.45) is -4.29. The highest BCUT2D eigenvalue weighted by Gasteiger charge is 2.30. The first-order valence-corrected chi connectivity index (χ1v) is 7.34. The molecule has 0 aliphatic rings. The Balaban J connectivity index is 2.50. The Hall–Kier alpha value is -1.04. The maximum atomic E-state index is 12.6. The van der Waals surface area contributed by atoms with E-state index in [1.165, 1.54) is 5.56 Å². The predicted octanol–water partition coefficient (Wildman–Crippen LogP) is 6.10. The lowest BCUT2D eigenvalue weighted by Crippen LogP contribution is -2.04. The van der Waals surface area contributed by atoms with Crippen molar-refractivity contribution in [1.82, 2.24) is 0 Å². The summed E-state index contributed by atoms with van der Waals surface area (Å²) >= 11 is 2.27. The maximum absolute atomic E-state index is 12.6. The lowest BCUT2D eigenvalue weighted by molar-refractivity contribution is -0.137. The second kappa shape index (κ2) is 5.76. The van der Waals surface area contributed by atoms with Crippen molar-refractivity contribution in [3.8, 4) is 11.1 Å². The molecule has 0 aliphatic carbocycles. The zero-order valence-electron chi connectivity index (χ0n) is 11.1. The molecular formula is C16H14F3I. The van der Waals surface area contributed by atoms with Crippen LogP contribution in [0, 0.1) is 3.57 Å². The van der Waals surface area contributed by atoms with E-state index in [0.717, 1.165) is 26.8 Å². The van der Waals surface area contributed by atoms with Gasteiger partial charge in [0.05, 0.1) is 5.56 Å². The number of halogens is 4. The molecule has 0 saturated carbocycles. The summed E-state index contributed by atoms with van der Waals surface area (Å²) in [7, 11) is 0. The molecule has 0 bridgehead atoms. The lowest BCUT2D eigenvalue weighted by atomic mass is 9.92. The summed E-state index contributed by atoms with van der Waals surface area (Å²) in [4.78, 5) is 0. The minimum Gasteiger partial charge on any atom is -0.166 e. The molecule has 0 aliphatic heterocycles. The zero-order valence-corrected chi connectivity index (χ0v) is 13.3. The van der Waals surface area contributed by atoms with Gasteiger partial charge in [-0.2, -0.15) is 13.2 Å². The van der Waals surface area contributed by atoms with E-state index in [0.29, 0.717) is 5.92 Å². The van der Waals surface area contributed by atoms with Crippen molar-refractivity contribution in [3.63, 3.8) is 0 Å². The molecule has 2 rings (SSSR count). The van der Waals surface area contributed by atoms with Crippen molar-refractivity contribution < 1.29 is 13.2 Å². The Labute approximate surface area is 130 Å². The van der Waals surface area contributed by atoms with E-state index in [4.69, 9.17) is 0 Å². The highest BCUT2D eigenvalue weighted by molar-refractivity contribution is 14.1. The average Bonchev–Trinajstić information content (AvgIpc) is 2.37. The Kier molecular flexibility index (Phi) is 4.42. The largest absolute Gasteiger partial charge is 0.416 e. The fourth-order valence-corrected chi connectivity index (χ4v) is 3.34. The molecular weight excluding hydrogens is 376 g/mol. The molecule has 4 heteroatoms. The first-order valence-electron chi connectivity index (χ1n) is 6.26. The third kappa shape index (κ3) is 3.16. The van der Waals surface area contributed by atoms with Crippen molar-refractivity contribution in [2.75, 3.05) is 0 Å². The molecule has 20 heavy (non-hydrogen) atoms. The second-order valence-electron chi connectivity index (χ2n) is 4.93. The van der Waals surface area contributed by atoms with Crippen molar-refractivity contribution in [3.05, 3.63) is 57.2 Å². The van der Waals surface area contributed by atoms with Gasteiger partial charge >= 0.3 is 6.18 Å². The number of hydrogen-bond acceptors (Lipinski definition) is 0. The second-order valence-corrected chi connectivity index (χ2v) is 6.09. The molecule has 0 heterocycles. The first-order chi connectivity index (χ1) is 9.30. The van der Waals surface area contributed by atoms with E-state index in [2.05, 4.69) is 36.4 Å². The fraction of sp³-hybridized carbons (Fsp3) is 0.250. The lowest BCUT2D eigenvalue weighted by Gasteiger charge is -2.16. The van der Waals surface area contributed by atoms with Crippen LogP contribution in [0.3, 0.4) is 0 Å². The molecule has 0 N–H and O–H groups in total. The van der Waals surface area contributed by atoms with Gasteiger partial charge in [0.1, 0.15) is 0 Å². The van der Waals surface area contributed by atoms with Gasteiger partial charge in [0, 0.05) is 3.57 Å². The molecule has 0 saturated heterocycles. The summed E-state index contributed by atoms with van der Waals surface area (Å²) in [5.41, 5.74) is 2.38. The van der Waals surface area contributed by atoms with E-state index in [1.807, 2.05) is 18.2 Å². The van der Waals surface area contributed by atoms with Gasteiger partial charge in [-0.25, -0.2) is 0 Å². The summed E-state index contributed by atoms with van der Waals surface area (Å²) in [6.45, 7) is 4.18. The van der Waals surface area contributed by atoms with Gasteiger partial charge in [0.15, 0.2) is 0 Å². The monoisotopic (exact) mass is 390 g/mol. The van der Waals surface area contributed by atoms with E-state index in [1.54, 1.807) is 12.1 Å². The van der Waals surface area contributed by atoms with Crippen molar-refractivity contribution in [2.45, 2.75) is 25.9 Å². The van der Waals surface area contributed by atoms with Crippen LogP contribution in [0.15, 0.2) is 42.5 Å². The van der Waals surface area contributed by atoms with Gasteiger partial charge in [-0.05, 0) is 63.4 Å². The molecule has 106 valence electrons. The minimum absolute atomic E-state index is 0.320. The smallest absolute Gasteiger partial charge is 0.166 e. The van der Waals surface area contributed by atoms with Crippen LogP contribution in [0.2, 0.25) is 0 Å². The topological polar surface area (TPSA) is 0 Å². The van der Waals surface area contributed by atoms with Crippen LogP contribution >= 0.6 is 22.6 Å². The number of rotatable bonds is 2. The highest BCUT2D eigenvalue weighted by atomic mass is 127. The van der Waals surface area contributed by atoms with Crippen LogP contribution in [0.5, 0.6) is 0 Å². The van der Waals surface area contributed by atoms with Crippen LogP contribution in [-0.2, 0) is 6.18 Å². The zero-order chi connectivity index (χ0) is 14.9. The quantitative estimate of drug-likeness (QED) is 0.544. The molecule has 0 spiro atoms. The van der Waals surface area contributed by atoms with Crippen LogP contribution in [0.4, 0.5) is 13.2 Å². The molecule has 0 nitrogen and oxygen atoms in total. The van der Waals surface area contributed by atoms with Crippen LogP contribution in [-0.4, -0.2) is 0 Å². The number of alkyl halides is 3. The van der Waals surface area contributed by atoms with Gasteiger partial charge in [-0.15, -0.1) is 0 Å². The summed E-state index contributed by atoms with van der Waals surface area (Å²) in [6, 6.07) is 11.3. The molecule has 0 aromatic heterocycles. The molecule has 2 aromatic carbocycles. The van der Waals surface area contributed by atoms with Crippen molar-refractivity contribution in [2.24, 2.45) is 0 Å². The normalized spacial score (nSPS) is 11.9. The average molecular weight is 390 g/mol. The van der Waals surface area contributed by atoms with Crippen molar-refractivity contribution in [1.29, 1.82) is 0 Å². The Morgan fingerprint density at radius 1 is 0.950 bits per heavy atom. The molecule has 0 amide bonds. The van der Waals surface area contributed by atoms with Gasteiger partial charge < -0.3 is 0 Å². The third-order valence-electron chi connectivity index (χ3n) is 3.15. The molecule has 0 radical (unpaired) electrons. The van der Waals surface area contributed by atoms with Crippen molar-refractivity contribution >= 4 is 22.6 Å². The molecule has 0 atom stereocenters. The number of hydrogen-bond donors (Lipinski definition) is 0. The van der Waals surface area contributed by atoms with Gasteiger partial charge in [0.2, 0.25) is 0 Å². The fourth-order valence-electron chi connectivity index (χ4n) is 2.21. The van der Waals surface area contributed by atoms with E-state index < -0.39 is 11.7 Å². The maximum Gasteiger partial charge on any atom is 0.416 e. The van der Waals surface area contributed by atoms with E-state index >= 15 is 0 Å². The van der Waals surface area contributed by atoms with Gasteiger partial charge in [-0.1, -0.05) is 38.1 Å². The standard InChI is InChI=1S/C16H14F3I/c1-10(2)15-13(4-3-5-14(15)20)11-6-8-12(9-7-11)16(17,18)19/h3-10H,1-2H3. The van der Waals surface area contributed by atoms with E-state index in [9.17, 15) is 13.2 Å². The summed E-state index contributed by atoms with van der Waals surface area (Å²) in [5, 5.41) is 0. The SMILES string of the molecule is CC(C)c1c(I)cccc1-c1ccc(C(F)(F)F)cc1. The third-order valence-corrected chi connectivity index (χ3v) is 4.09. The number of benzene rings is 2. The van der Waals surface area contributed by atoms with Gasteiger partial charge in [-0.3, -0.25) is 0 Å². The van der Waals surface area contributed by atoms with E-state index in [-0.39, 0.29) is 0 Å². The first kappa shape index (κ1) is 15.4. The molecule has 2 aromatic rings. The molecule has 0 fully saturated rings. The predicted molar refractivity (Wildman–Crippen MR) is 83.7 cm³/mol. The summed E-state index contributed by atoms with van der Waals surface area (Å²) in [5.74, 6) is 0.320. The van der Waals surface area contributed by atoms with Crippen LogP contribution in [0.1, 0.15) is 30.9 Å². The minimum atomic E-state index is -4.29.